The third-order valence-electron chi connectivity index (χ3n) is 4.95. The summed E-state index contributed by atoms with van der Waals surface area (Å²) in [5, 5.41) is 12.8. The molecule has 7 heteroatoms. The van der Waals surface area contributed by atoms with Crippen molar-refractivity contribution in [3.05, 3.63) is 45.8 Å². The minimum atomic E-state index is -0.569. The second-order valence-corrected chi connectivity index (χ2v) is 7.59. The first-order chi connectivity index (χ1) is 11.7. The van der Waals surface area contributed by atoms with E-state index in [0.717, 1.165) is 31.7 Å². The molecule has 0 spiro atoms. The van der Waals surface area contributed by atoms with Gasteiger partial charge in [-0.2, -0.15) is 0 Å². The van der Waals surface area contributed by atoms with E-state index >= 15 is 0 Å². The lowest BCUT2D eigenvalue weighted by Gasteiger charge is -2.40. The number of aromatic nitrogens is 2. The van der Waals surface area contributed by atoms with Gasteiger partial charge in [0.15, 0.2) is 0 Å². The zero-order valence-electron chi connectivity index (χ0n) is 13.3. The molecule has 2 aliphatic heterocycles. The molecule has 2 N–H and O–H groups in total. The quantitative estimate of drug-likeness (QED) is 0.771. The van der Waals surface area contributed by atoms with Gasteiger partial charge in [-0.15, -0.1) is 11.3 Å². The van der Waals surface area contributed by atoms with Crippen LogP contribution in [0, 0.1) is 5.92 Å². The maximum atomic E-state index is 12.0. The lowest BCUT2D eigenvalue weighted by atomic mass is 9.83. The molecule has 126 valence electrons. The molecule has 4 heterocycles. The van der Waals surface area contributed by atoms with E-state index < -0.39 is 6.10 Å². The Bertz CT molecular complexity index is 786. The molecule has 0 saturated carbocycles. The second kappa shape index (κ2) is 6.58. The Morgan fingerprint density at radius 3 is 3.25 bits per heavy atom. The number of likely N-dealkylation sites (tertiary alicyclic amines) is 1. The highest BCUT2D eigenvalue weighted by Crippen LogP contribution is 2.29. The number of quaternary nitrogens is 1. The smallest absolute Gasteiger partial charge is 0.250 e. The minimum Gasteiger partial charge on any atom is -0.382 e. The molecule has 2 aliphatic rings. The van der Waals surface area contributed by atoms with Gasteiger partial charge in [-0.05, 0) is 12.5 Å². The van der Waals surface area contributed by atoms with Crippen LogP contribution in [-0.4, -0.2) is 46.6 Å². The van der Waals surface area contributed by atoms with Crippen LogP contribution in [0.2, 0.25) is 0 Å². The molecule has 0 aromatic carbocycles. The molecule has 1 saturated heterocycles. The van der Waals surface area contributed by atoms with E-state index in [1.165, 1.54) is 16.2 Å². The van der Waals surface area contributed by atoms with E-state index in [1.54, 1.807) is 18.5 Å². The van der Waals surface area contributed by atoms with Crippen molar-refractivity contribution in [1.29, 1.82) is 0 Å². The summed E-state index contributed by atoms with van der Waals surface area (Å²) in [6.45, 7) is 3.42. The van der Waals surface area contributed by atoms with Crippen LogP contribution in [0.25, 0.3) is 0 Å². The van der Waals surface area contributed by atoms with Crippen LogP contribution in [0.3, 0.4) is 0 Å². The predicted molar refractivity (Wildman–Crippen MR) is 93.4 cm³/mol. The van der Waals surface area contributed by atoms with Crippen LogP contribution in [0.4, 0.5) is 5.13 Å². The summed E-state index contributed by atoms with van der Waals surface area (Å²) < 4.78 is 1.94. The largest absolute Gasteiger partial charge is 0.382 e. The number of hydrogen-bond acceptors (Lipinski definition) is 5. The molecule has 6 nitrogen and oxygen atoms in total. The topological polar surface area (TPSA) is 71.9 Å². The Labute approximate surface area is 144 Å². The van der Waals surface area contributed by atoms with Crippen LogP contribution in [0.1, 0.15) is 18.0 Å². The van der Waals surface area contributed by atoms with Crippen molar-refractivity contribution in [2.75, 3.05) is 19.6 Å². The molecule has 1 fully saturated rings. The van der Waals surface area contributed by atoms with Gasteiger partial charge in [0.25, 0.3) is 5.56 Å². The first-order valence-corrected chi connectivity index (χ1v) is 9.22. The summed E-state index contributed by atoms with van der Waals surface area (Å²) in [7, 11) is 0. The van der Waals surface area contributed by atoms with Crippen molar-refractivity contribution in [1.82, 2.24) is 9.55 Å². The summed E-state index contributed by atoms with van der Waals surface area (Å²) in [5.74, 6) is 0.916. The highest BCUT2D eigenvalue weighted by Gasteiger charge is 2.37. The predicted octanol–water partition coefficient (Wildman–Crippen LogP) is 0.0702. The number of aliphatic hydroxyl groups is 1. The van der Waals surface area contributed by atoms with E-state index in [-0.39, 0.29) is 5.56 Å². The molecule has 1 unspecified atom stereocenters. The van der Waals surface area contributed by atoms with Crippen LogP contribution in [-0.2, 0) is 6.54 Å². The standard InChI is InChI=1S/C17H20N4O2S/c22-14(7-19-17-18-4-5-24-17)11-20-8-12-6-13(10-20)15-2-1-3-16(23)21(15)9-12/h1-5,7,12-14,22H,6,8-11H2/p+1/t12-,13+,14+/m0/s1. The number of pyridine rings is 1. The normalized spacial score (nSPS) is 27.1. The molecule has 2 bridgehead atoms. The summed E-state index contributed by atoms with van der Waals surface area (Å²) in [6, 6.07) is 5.58. The molecule has 4 rings (SSSR count). The highest BCUT2D eigenvalue weighted by molar-refractivity contribution is 7.13. The summed E-state index contributed by atoms with van der Waals surface area (Å²) in [5.41, 5.74) is 1.27. The van der Waals surface area contributed by atoms with E-state index in [0.29, 0.717) is 23.5 Å². The molecule has 2 aromatic rings. The maximum absolute atomic E-state index is 12.0. The SMILES string of the molecule is O=c1cccc2n1C[C@H]1C[C@@H]2C[NH+](C[C@H](O)C=Nc2nccs2)C1. The van der Waals surface area contributed by atoms with Gasteiger partial charge in [0.1, 0.15) is 12.6 Å². The van der Waals surface area contributed by atoms with E-state index in [1.807, 2.05) is 16.0 Å². The molecule has 2 aromatic heterocycles. The van der Waals surface area contributed by atoms with Gasteiger partial charge in [-0.25, -0.2) is 9.98 Å². The van der Waals surface area contributed by atoms with E-state index in [4.69, 9.17) is 0 Å². The van der Waals surface area contributed by atoms with Crippen molar-refractivity contribution in [2.24, 2.45) is 10.9 Å². The van der Waals surface area contributed by atoms with Crippen LogP contribution >= 0.6 is 11.3 Å². The molecular weight excluding hydrogens is 324 g/mol. The van der Waals surface area contributed by atoms with Crippen molar-refractivity contribution in [3.63, 3.8) is 0 Å². The molecular formula is C17H21N4O2S+. The molecule has 0 radical (unpaired) electrons. The number of nitrogens with one attached hydrogen (secondary N) is 1. The second-order valence-electron chi connectivity index (χ2n) is 6.72. The zero-order valence-corrected chi connectivity index (χ0v) is 14.2. The number of thiazole rings is 1. The third kappa shape index (κ3) is 3.19. The number of aliphatic hydroxyl groups excluding tert-OH is 1. The van der Waals surface area contributed by atoms with Gasteiger partial charge < -0.3 is 14.6 Å². The average Bonchev–Trinajstić information content (AvgIpc) is 3.07. The number of piperidine rings is 1. The number of hydrogen-bond donors (Lipinski definition) is 2. The molecule has 0 aliphatic carbocycles. The van der Waals surface area contributed by atoms with Gasteiger partial charge >= 0.3 is 0 Å². The van der Waals surface area contributed by atoms with Crippen LogP contribution in [0.5, 0.6) is 0 Å². The fraction of sp³-hybridized carbons (Fsp3) is 0.471. The lowest BCUT2D eigenvalue weighted by molar-refractivity contribution is -0.912. The van der Waals surface area contributed by atoms with Gasteiger partial charge in [-0.1, -0.05) is 6.07 Å². The van der Waals surface area contributed by atoms with Crippen LogP contribution in [0.15, 0.2) is 39.6 Å². The zero-order chi connectivity index (χ0) is 16.5. The Hall–Kier alpha value is -1.83. The maximum Gasteiger partial charge on any atom is 0.250 e. The highest BCUT2D eigenvalue weighted by atomic mass is 32.1. The van der Waals surface area contributed by atoms with Gasteiger partial charge in [0.05, 0.1) is 13.1 Å². The summed E-state index contributed by atoms with van der Waals surface area (Å²) in [6.07, 6.45) is 3.88. The number of fused-ring (bicyclic) bond motifs is 4. The van der Waals surface area contributed by atoms with Crippen molar-refractivity contribution in [3.8, 4) is 0 Å². The third-order valence-corrected chi connectivity index (χ3v) is 5.63. The molecule has 24 heavy (non-hydrogen) atoms. The average molecular weight is 345 g/mol. The summed E-state index contributed by atoms with van der Waals surface area (Å²) in [4.78, 5) is 21.7. The van der Waals surface area contributed by atoms with E-state index in [9.17, 15) is 9.90 Å². The van der Waals surface area contributed by atoms with Gasteiger partial charge in [0.2, 0.25) is 5.13 Å². The first kappa shape index (κ1) is 15.7. The van der Waals surface area contributed by atoms with Gasteiger partial charge in [-0.3, -0.25) is 4.79 Å². The Balaban J connectivity index is 1.43. The first-order valence-electron chi connectivity index (χ1n) is 8.34. The van der Waals surface area contributed by atoms with Crippen LogP contribution < -0.4 is 10.5 Å². The lowest BCUT2D eigenvalue weighted by Crippen LogP contribution is -3.15. The Morgan fingerprint density at radius 2 is 2.42 bits per heavy atom. The van der Waals surface area contributed by atoms with Crippen molar-refractivity contribution >= 4 is 22.7 Å². The summed E-state index contributed by atoms with van der Waals surface area (Å²) >= 11 is 1.46. The number of rotatable bonds is 4. The monoisotopic (exact) mass is 345 g/mol. The van der Waals surface area contributed by atoms with E-state index in [2.05, 4.69) is 16.0 Å². The fourth-order valence-corrected chi connectivity index (χ4v) is 4.55. The van der Waals surface area contributed by atoms with Crippen molar-refractivity contribution in [2.45, 2.75) is 25.0 Å². The Morgan fingerprint density at radius 1 is 1.50 bits per heavy atom. The number of aliphatic imine (C=N–C) groups is 1. The Kier molecular flexibility index (Phi) is 4.30. The fourth-order valence-electron chi connectivity index (χ4n) is 4.06. The van der Waals surface area contributed by atoms with Crippen molar-refractivity contribution < 1.29 is 10.0 Å². The number of nitrogens with zero attached hydrogens (tertiary/aromatic N) is 3. The molecule has 4 atom stereocenters. The van der Waals surface area contributed by atoms with Gasteiger partial charge in [0, 0.05) is 47.9 Å². The molecule has 0 amide bonds. The minimum absolute atomic E-state index is 0.112.